The molecule has 0 heterocycles. The van der Waals surface area contributed by atoms with E-state index in [1.165, 1.54) is 0 Å². The monoisotopic (exact) mass is 112 g/mol. The van der Waals surface area contributed by atoms with E-state index in [1.807, 2.05) is 6.92 Å². The lowest BCUT2D eigenvalue weighted by atomic mass is 10.2. The number of hydrogen-bond donors (Lipinski definition) is 2. The lowest BCUT2D eigenvalue weighted by molar-refractivity contribution is 0.770. The molecule has 0 aliphatic carbocycles. The molecule has 2 nitrogen and oxygen atoms in total. The van der Waals surface area contributed by atoms with Gasteiger partial charge in [0.25, 0.3) is 0 Å². The Morgan fingerprint density at radius 2 is 2.12 bits per heavy atom. The van der Waals surface area contributed by atoms with E-state index in [-0.39, 0.29) is 6.04 Å². The molecule has 0 saturated heterocycles. The first-order valence-corrected chi connectivity index (χ1v) is 2.68. The van der Waals surface area contributed by atoms with Gasteiger partial charge in [0.15, 0.2) is 0 Å². The summed E-state index contributed by atoms with van der Waals surface area (Å²) in [6, 6.07) is 0.175. The Kier molecular flexibility index (Phi) is 4.33. The van der Waals surface area contributed by atoms with Crippen LogP contribution in [0.2, 0.25) is 0 Å². The van der Waals surface area contributed by atoms with Gasteiger partial charge in [-0.1, -0.05) is 5.92 Å². The highest BCUT2D eigenvalue weighted by molar-refractivity contribution is 5.01. The van der Waals surface area contributed by atoms with Gasteiger partial charge in [-0.15, -0.1) is 5.92 Å². The molecule has 0 aliphatic rings. The summed E-state index contributed by atoms with van der Waals surface area (Å²) in [6.45, 7) is 2.36. The van der Waals surface area contributed by atoms with Crippen molar-refractivity contribution in [3.8, 4) is 11.8 Å². The molecular formula is C6H12N2. The van der Waals surface area contributed by atoms with E-state index >= 15 is 0 Å². The van der Waals surface area contributed by atoms with Crippen LogP contribution in [-0.2, 0) is 0 Å². The van der Waals surface area contributed by atoms with E-state index in [1.54, 1.807) is 0 Å². The van der Waals surface area contributed by atoms with E-state index in [4.69, 9.17) is 11.5 Å². The zero-order chi connectivity index (χ0) is 6.41. The first-order chi connectivity index (χ1) is 3.77. The molecule has 0 spiro atoms. The maximum absolute atomic E-state index is 5.39. The van der Waals surface area contributed by atoms with Crippen molar-refractivity contribution >= 4 is 0 Å². The lowest BCUT2D eigenvalue weighted by Gasteiger charge is -1.92. The van der Waals surface area contributed by atoms with Gasteiger partial charge in [-0.2, -0.15) is 0 Å². The third-order valence-corrected chi connectivity index (χ3v) is 0.651. The molecule has 1 unspecified atom stereocenters. The van der Waals surface area contributed by atoms with Crippen molar-refractivity contribution in [3.05, 3.63) is 0 Å². The van der Waals surface area contributed by atoms with Crippen LogP contribution in [-0.4, -0.2) is 12.6 Å². The van der Waals surface area contributed by atoms with Crippen LogP contribution in [0.5, 0.6) is 0 Å². The Morgan fingerprint density at radius 1 is 1.50 bits per heavy atom. The fourth-order valence-corrected chi connectivity index (χ4v) is 0.305. The fourth-order valence-electron chi connectivity index (χ4n) is 0.305. The molecular weight excluding hydrogens is 100 g/mol. The summed E-state index contributed by atoms with van der Waals surface area (Å²) < 4.78 is 0. The molecule has 4 N–H and O–H groups in total. The minimum Gasteiger partial charge on any atom is -0.327 e. The van der Waals surface area contributed by atoms with E-state index in [9.17, 15) is 0 Å². The maximum atomic E-state index is 5.39. The Morgan fingerprint density at radius 3 is 2.50 bits per heavy atom. The number of rotatable bonds is 1. The summed E-state index contributed by atoms with van der Waals surface area (Å²) in [4.78, 5) is 0. The summed E-state index contributed by atoms with van der Waals surface area (Å²) >= 11 is 0. The average molecular weight is 112 g/mol. The molecule has 0 aromatic rings. The van der Waals surface area contributed by atoms with Crippen molar-refractivity contribution in [3.63, 3.8) is 0 Å². The zero-order valence-electron chi connectivity index (χ0n) is 5.15. The van der Waals surface area contributed by atoms with E-state index in [0.29, 0.717) is 6.54 Å². The molecule has 0 aromatic heterocycles. The van der Waals surface area contributed by atoms with Gasteiger partial charge in [0.1, 0.15) is 0 Å². The second kappa shape index (κ2) is 4.63. The van der Waals surface area contributed by atoms with Crippen molar-refractivity contribution < 1.29 is 0 Å². The third-order valence-electron chi connectivity index (χ3n) is 0.651. The van der Waals surface area contributed by atoms with E-state index < -0.39 is 0 Å². The molecule has 0 saturated carbocycles. The summed E-state index contributed by atoms with van der Waals surface area (Å²) in [5.41, 5.74) is 10.5. The molecule has 0 amide bonds. The summed E-state index contributed by atoms with van der Waals surface area (Å²) in [6.07, 6.45) is 0.747. The van der Waals surface area contributed by atoms with Gasteiger partial charge in [0.05, 0.1) is 6.54 Å². The Hall–Kier alpha value is -0.520. The Labute approximate surface area is 50.2 Å². The molecule has 0 radical (unpaired) electrons. The van der Waals surface area contributed by atoms with Crippen molar-refractivity contribution in [2.45, 2.75) is 19.4 Å². The van der Waals surface area contributed by atoms with Crippen LogP contribution in [0.25, 0.3) is 0 Å². The Bertz CT molecular complexity index is 96.8. The van der Waals surface area contributed by atoms with Gasteiger partial charge >= 0.3 is 0 Å². The lowest BCUT2D eigenvalue weighted by Crippen LogP contribution is -2.13. The van der Waals surface area contributed by atoms with Crippen LogP contribution in [0.4, 0.5) is 0 Å². The largest absolute Gasteiger partial charge is 0.327 e. The standard InChI is InChI=1S/C6H12N2/c1-6(8)4-2-3-5-7/h6H,4-5,7-8H2,1H3. The van der Waals surface area contributed by atoms with Crippen molar-refractivity contribution in [2.75, 3.05) is 6.54 Å². The average Bonchev–Trinajstić information content (AvgIpc) is 1.66. The number of nitrogens with two attached hydrogens (primary N) is 2. The van der Waals surface area contributed by atoms with Gasteiger partial charge < -0.3 is 11.5 Å². The predicted octanol–water partition coefficient (Wildman–Crippen LogP) is -0.314. The van der Waals surface area contributed by atoms with Crippen molar-refractivity contribution in [2.24, 2.45) is 11.5 Å². The molecule has 0 fully saturated rings. The third kappa shape index (κ3) is 5.48. The van der Waals surface area contributed by atoms with Crippen LogP contribution in [0.15, 0.2) is 0 Å². The van der Waals surface area contributed by atoms with Gasteiger partial charge in [0, 0.05) is 12.5 Å². The van der Waals surface area contributed by atoms with Gasteiger partial charge in [-0.25, -0.2) is 0 Å². The summed E-state index contributed by atoms with van der Waals surface area (Å²) in [5, 5.41) is 0. The van der Waals surface area contributed by atoms with E-state index in [0.717, 1.165) is 6.42 Å². The van der Waals surface area contributed by atoms with Crippen molar-refractivity contribution in [1.29, 1.82) is 0 Å². The molecule has 0 aliphatic heterocycles. The first-order valence-electron chi connectivity index (χ1n) is 2.68. The molecule has 8 heavy (non-hydrogen) atoms. The van der Waals surface area contributed by atoms with Crippen molar-refractivity contribution in [1.82, 2.24) is 0 Å². The second-order valence-corrected chi connectivity index (χ2v) is 1.74. The van der Waals surface area contributed by atoms with Crippen LogP contribution >= 0.6 is 0 Å². The van der Waals surface area contributed by atoms with E-state index in [2.05, 4.69) is 11.8 Å². The fraction of sp³-hybridized carbons (Fsp3) is 0.667. The minimum atomic E-state index is 0.175. The second-order valence-electron chi connectivity index (χ2n) is 1.74. The molecule has 46 valence electrons. The minimum absolute atomic E-state index is 0.175. The SMILES string of the molecule is CC(N)CC#CCN. The molecule has 0 bridgehead atoms. The molecule has 0 aromatic carbocycles. The van der Waals surface area contributed by atoms with Gasteiger partial charge in [-0.05, 0) is 6.92 Å². The summed E-state index contributed by atoms with van der Waals surface area (Å²) in [5.74, 6) is 5.56. The highest BCUT2D eigenvalue weighted by Crippen LogP contribution is 1.79. The van der Waals surface area contributed by atoms with Crippen LogP contribution in [0.1, 0.15) is 13.3 Å². The van der Waals surface area contributed by atoms with Crippen LogP contribution in [0, 0.1) is 11.8 Å². The number of hydrogen-bond acceptors (Lipinski definition) is 2. The quantitative estimate of drug-likeness (QED) is 0.457. The first kappa shape index (κ1) is 7.48. The zero-order valence-corrected chi connectivity index (χ0v) is 5.15. The normalized spacial score (nSPS) is 11.9. The highest BCUT2D eigenvalue weighted by Gasteiger charge is 1.84. The van der Waals surface area contributed by atoms with Gasteiger partial charge in [0.2, 0.25) is 0 Å². The molecule has 2 heteroatoms. The predicted molar refractivity (Wildman–Crippen MR) is 35.1 cm³/mol. The van der Waals surface area contributed by atoms with Crippen LogP contribution in [0.3, 0.4) is 0 Å². The summed E-state index contributed by atoms with van der Waals surface area (Å²) in [7, 11) is 0. The maximum Gasteiger partial charge on any atom is 0.0551 e. The van der Waals surface area contributed by atoms with Crippen LogP contribution < -0.4 is 11.5 Å². The topological polar surface area (TPSA) is 52.0 Å². The Balaban J connectivity index is 3.15. The molecule has 1 atom stereocenters. The molecule has 0 rings (SSSR count). The highest BCUT2D eigenvalue weighted by atomic mass is 14.6. The smallest absolute Gasteiger partial charge is 0.0551 e. The van der Waals surface area contributed by atoms with Gasteiger partial charge in [-0.3, -0.25) is 0 Å².